The third-order valence-corrected chi connectivity index (χ3v) is 8.09. The summed E-state index contributed by atoms with van der Waals surface area (Å²) in [7, 11) is 0. The van der Waals surface area contributed by atoms with Crippen LogP contribution in [-0.4, -0.2) is 43.6 Å². The predicted octanol–water partition coefficient (Wildman–Crippen LogP) is 7.19. The zero-order chi connectivity index (χ0) is 30.6. The Bertz CT molecular complexity index is 1270. The average molecular weight is 573 g/mol. The number of phenols is 3. The van der Waals surface area contributed by atoms with E-state index >= 15 is 0 Å². The first-order valence-electron chi connectivity index (χ1n) is 13.5. The SMILES string of the molecule is C.C=CC1(C)CCC(=O)O1.Cc1c(C)c2c(c(C)c1O)CCC(C)(CCC(=O)O)O2.Cc1cc(O)c(C)c(C)c1O. The first-order chi connectivity index (χ1) is 18.4. The van der Waals surface area contributed by atoms with Gasteiger partial charge in [-0.3, -0.25) is 9.59 Å². The van der Waals surface area contributed by atoms with Crippen LogP contribution in [0.1, 0.15) is 92.3 Å². The topological polar surface area (TPSA) is 134 Å². The molecule has 0 aromatic heterocycles. The lowest BCUT2D eigenvalue weighted by atomic mass is 9.85. The van der Waals surface area contributed by atoms with Crippen LogP contribution < -0.4 is 4.74 Å². The second-order valence-corrected chi connectivity index (χ2v) is 11.3. The Labute approximate surface area is 244 Å². The molecule has 4 rings (SSSR count). The summed E-state index contributed by atoms with van der Waals surface area (Å²) in [6.07, 6.45) is 5.18. The minimum Gasteiger partial charge on any atom is -0.508 e. The highest BCUT2D eigenvalue weighted by Crippen LogP contribution is 2.44. The maximum Gasteiger partial charge on any atom is 0.306 e. The lowest BCUT2D eigenvalue weighted by molar-refractivity contribution is -0.144. The van der Waals surface area contributed by atoms with Crippen LogP contribution >= 0.6 is 0 Å². The average Bonchev–Trinajstić information content (AvgIpc) is 3.26. The molecule has 2 unspecified atom stereocenters. The fraction of sp³-hybridized carbons (Fsp3) is 0.515. The highest BCUT2D eigenvalue weighted by atomic mass is 16.6. The second kappa shape index (κ2) is 13.8. The van der Waals surface area contributed by atoms with Crippen molar-refractivity contribution in [1.82, 2.24) is 0 Å². The van der Waals surface area contributed by atoms with Crippen molar-refractivity contribution in [2.24, 2.45) is 0 Å². The third kappa shape index (κ3) is 8.41. The van der Waals surface area contributed by atoms with E-state index in [0.717, 1.165) is 58.4 Å². The molecule has 2 atom stereocenters. The number of cyclic esters (lactones) is 1. The number of benzene rings is 2. The van der Waals surface area contributed by atoms with E-state index in [1.54, 1.807) is 32.9 Å². The van der Waals surface area contributed by atoms with E-state index in [-0.39, 0.29) is 36.9 Å². The molecule has 1 fully saturated rings. The number of carbonyl (C=O) groups is 2. The molecule has 0 bridgehead atoms. The number of rotatable bonds is 4. The molecule has 0 amide bonds. The van der Waals surface area contributed by atoms with Gasteiger partial charge in [0.25, 0.3) is 0 Å². The van der Waals surface area contributed by atoms with Crippen LogP contribution in [0.5, 0.6) is 23.0 Å². The molecular formula is C33H48O8. The number of aliphatic carboxylic acids is 1. The van der Waals surface area contributed by atoms with Gasteiger partial charge in [0.2, 0.25) is 0 Å². The number of ether oxygens (including phenoxy) is 2. The number of phenolic OH excluding ortho intramolecular Hbond substituents is 3. The molecule has 228 valence electrons. The maximum atomic E-state index is 10.8. The Morgan fingerprint density at radius 3 is 1.98 bits per heavy atom. The van der Waals surface area contributed by atoms with E-state index in [9.17, 15) is 24.9 Å². The fourth-order valence-corrected chi connectivity index (χ4v) is 4.75. The van der Waals surface area contributed by atoms with Crippen LogP contribution in [0.4, 0.5) is 0 Å². The molecule has 2 aromatic carbocycles. The number of hydrogen-bond acceptors (Lipinski definition) is 7. The molecule has 2 aromatic rings. The lowest BCUT2D eigenvalue weighted by Crippen LogP contribution is -2.37. The van der Waals surface area contributed by atoms with Crippen molar-refractivity contribution in [2.45, 2.75) is 113 Å². The number of esters is 1. The maximum absolute atomic E-state index is 10.8. The summed E-state index contributed by atoms with van der Waals surface area (Å²) in [5.41, 5.74) is 5.11. The summed E-state index contributed by atoms with van der Waals surface area (Å²) in [5, 5.41) is 37.7. The van der Waals surface area contributed by atoms with Crippen LogP contribution in [0.2, 0.25) is 0 Å². The molecule has 0 radical (unpaired) electrons. The molecule has 8 nitrogen and oxygen atoms in total. The van der Waals surface area contributed by atoms with Gasteiger partial charge in [-0.15, -0.1) is 0 Å². The van der Waals surface area contributed by atoms with Crippen molar-refractivity contribution in [3.05, 3.63) is 57.7 Å². The van der Waals surface area contributed by atoms with Gasteiger partial charge in [-0.2, -0.15) is 0 Å². The summed E-state index contributed by atoms with van der Waals surface area (Å²) in [5.74, 6) is 0.793. The summed E-state index contributed by atoms with van der Waals surface area (Å²) >= 11 is 0. The summed E-state index contributed by atoms with van der Waals surface area (Å²) < 4.78 is 11.1. The van der Waals surface area contributed by atoms with Gasteiger partial charge in [-0.05, 0) is 120 Å². The fourth-order valence-electron chi connectivity index (χ4n) is 4.75. The third-order valence-electron chi connectivity index (χ3n) is 8.09. The number of aromatic hydroxyl groups is 3. The van der Waals surface area contributed by atoms with E-state index in [2.05, 4.69) is 6.58 Å². The van der Waals surface area contributed by atoms with Gasteiger partial charge in [-0.1, -0.05) is 14.0 Å². The number of carbonyl (C=O) groups excluding carboxylic acids is 1. The molecule has 0 aliphatic carbocycles. The summed E-state index contributed by atoms with van der Waals surface area (Å²) in [4.78, 5) is 21.3. The van der Waals surface area contributed by atoms with Crippen LogP contribution in [0.25, 0.3) is 0 Å². The van der Waals surface area contributed by atoms with Gasteiger partial charge in [-0.25, -0.2) is 0 Å². The molecule has 41 heavy (non-hydrogen) atoms. The highest BCUT2D eigenvalue weighted by Gasteiger charge is 2.35. The molecule has 2 heterocycles. The standard InChI is InChI=1S/C16H22O4.C9H12O2.C7H10O2.CH4/c1-9-10(2)15-12(11(3)14(9)19)5-7-16(4,20-15)8-6-13(17)18;1-5-4-8(10)6(2)7(3)9(5)11;1-3-7(2)5-4-6(8)9-7;/h19H,5-8H2,1-4H3,(H,17,18);4,10-11H,1-3H3;3H,1,4-5H2,2H3;1H4. The molecule has 0 spiro atoms. The lowest BCUT2D eigenvalue weighted by Gasteiger charge is -2.37. The molecule has 4 N–H and O–H groups in total. The molecular weight excluding hydrogens is 524 g/mol. The quantitative estimate of drug-likeness (QED) is 0.172. The number of carboxylic acid groups (broad SMARTS) is 1. The van der Waals surface area contributed by atoms with Crippen LogP contribution in [0.15, 0.2) is 18.7 Å². The van der Waals surface area contributed by atoms with Crippen LogP contribution in [0.3, 0.4) is 0 Å². The molecule has 8 heteroatoms. The number of hydrogen-bond donors (Lipinski definition) is 4. The van der Waals surface area contributed by atoms with Crippen molar-refractivity contribution < 1.29 is 39.5 Å². The van der Waals surface area contributed by atoms with Gasteiger partial charge in [0.1, 0.15) is 34.2 Å². The van der Waals surface area contributed by atoms with Crippen molar-refractivity contribution in [1.29, 1.82) is 0 Å². The largest absolute Gasteiger partial charge is 0.508 e. The van der Waals surface area contributed by atoms with Gasteiger partial charge < -0.3 is 29.9 Å². The van der Waals surface area contributed by atoms with Crippen LogP contribution in [0, 0.1) is 41.5 Å². The number of carboxylic acids is 1. The Kier molecular flexibility index (Phi) is 11.9. The van der Waals surface area contributed by atoms with Crippen LogP contribution in [-0.2, 0) is 20.7 Å². The summed E-state index contributed by atoms with van der Waals surface area (Å²) in [6.45, 7) is 18.5. The van der Waals surface area contributed by atoms with Crippen molar-refractivity contribution in [3.63, 3.8) is 0 Å². The van der Waals surface area contributed by atoms with E-state index in [1.807, 2.05) is 34.6 Å². The van der Waals surface area contributed by atoms with Gasteiger partial charge in [0.05, 0.1) is 0 Å². The Hall–Kier alpha value is -3.68. The Balaban J connectivity index is 0.000000338. The Morgan fingerprint density at radius 2 is 1.49 bits per heavy atom. The number of aryl methyl sites for hydroxylation is 1. The minimum absolute atomic E-state index is 0. The first kappa shape index (κ1) is 35.3. The normalized spacial score (nSPS) is 20.5. The number of fused-ring (bicyclic) bond motifs is 1. The summed E-state index contributed by atoms with van der Waals surface area (Å²) in [6, 6.07) is 1.57. The van der Waals surface area contributed by atoms with Gasteiger partial charge in [0.15, 0.2) is 0 Å². The second-order valence-electron chi connectivity index (χ2n) is 11.3. The molecule has 2 aliphatic heterocycles. The smallest absolute Gasteiger partial charge is 0.306 e. The van der Waals surface area contributed by atoms with Crippen molar-refractivity contribution >= 4 is 11.9 Å². The zero-order valence-corrected chi connectivity index (χ0v) is 25.0. The van der Waals surface area contributed by atoms with E-state index in [1.165, 1.54) is 0 Å². The van der Waals surface area contributed by atoms with Crippen molar-refractivity contribution in [2.75, 3.05) is 0 Å². The zero-order valence-electron chi connectivity index (χ0n) is 25.0. The Morgan fingerprint density at radius 1 is 0.902 bits per heavy atom. The minimum atomic E-state index is -0.796. The van der Waals surface area contributed by atoms with E-state index in [4.69, 9.17) is 14.6 Å². The molecule has 1 saturated heterocycles. The molecule has 2 aliphatic rings. The highest BCUT2D eigenvalue weighted by molar-refractivity contribution is 5.72. The van der Waals surface area contributed by atoms with Crippen molar-refractivity contribution in [3.8, 4) is 23.0 Å². The first-order valence-corrected chi connectivity index (χ1v) is 13.5. The van der Waals surface area contributed by atoms with E-state index < -0.39 is 11.6 Å². The van der Waals surface area contributed by atoms with E-state index in [0.29, 0.717) is 24.2 Å². The molecule has 0 saturated carbocycles. The van der Waals surface area contributed by atoms with Gasteiger partial charge in [0, 0.05) is 24.8 Å². The van der Waals surface area contributed by atoms with Gasteiger partial charge >= 0.3 is 11.9 Å². The monoisotopic (exact) mass is 572 g/mol. The predicted molar refractivity (Wildman–Crippen MR) is 161 cm³/mol.